The molecule has 1 heterocycles. The van der Waals surface area contributed by atoms with E-state index in [0.717, 1.165) is 30.4 Å². The molecule has 0 aliphatic heterocycles. The number of hydrogen-bond acceptors (Lipinski definition) is 5. The summed E-state index contributed by atoms with van der Waals surface area (Å²) in [6.07, 6.45) is 3.45. The van der Waals surface area contributed by atoms with Gasteiger partial charge in [-0.15, -0.1) is 0 Å². The average Bonchev–Trinajstić information content (AvgIpc) is 2.57. The topological polar surface area (TPSA) is 94.4 Å². The van der Waals surface area contributed by atoms with Crippen LogP contribution >= 0.6 is 11.6 Å². The molecule has 2 aromatic rings. The van der Waals surface area contributed by atoms with Crippen molar-refractivity contribution in [2.45, 2.75) is 51.2 Å². The van der Waals surface area contributed by atoms with Gasteiger partial charge in [0.2, 0.25) is 0 Å². The average molecular weight is 404 g/mol. The molecule has 0 unspecified atom stereocenters. The van der Waals surface area contributed by atoms with Gasteiger partial charge >= 0.3 is 6.09 Å². The van der Waals surface area contributed by atoms with Gasteiger partial charge in [-0.1, -0.05) is 35.9 Å². The van der Waals surface area contributed by atoms with Crippen LogP contribution in [0.2, 0.25) is 5.02 Å². The Morgan fingerprint density at radius 3 is 2.39 bits per heavy atom. The van der Waals surface area contributed by atoms with Gasteiger partial charge in [-0.05, 0) is 45.6 Å². The lowest BCUT2D eigenvalue weighted by Crippen LogP contribution is -2.52. The van der Waals surface area contributed by atoms with Crippen molar-refractivity contribution in [3.05, 3.63) is 57.2 Å². The first-order chi connectivity index (χ1) is 13.1. The van der Waals surface area contributed by atoms with Crippen molar-refractivity contribution in [3.8, 4) is 11.3 Å². The van der Waals surface area contributed by atoms with E-state index in [1.54, 1.807) is 0 Å². The number of carbonyl (C=O) groups is 1. The van der Waals surface area contributed by atoms with Crippen LogP contribution in [0.5, 0.6) is 0 Å². The van der Waals surface area contributed by atoms with Gasteiger partial charge in [0, 0.05) is 11.6 Å². The Hall–Kier alpha value is -2.67. The first-order valence-electron chi connectivity index (χ1n) is 9.02. The molecule has 0 spiro atoms. The molecule has 0 radical (unpaired) electrons. The number of nitro groups is 1. The number of aromatic nitrogens is 1. The largest absolute Gasteiger partial charge is 0.444 e. The Kier molecular flexibility index (Phi) is 5.30. The van der Waals surface area contributed by atoms with Gasteiger partial charge < -0.3 is 10.1 Å². The molecule has 1 aromatic carbocycles. The predicted octanol–water partition coefficient (Wildman–Crippen LogP) is 5.21. The molecule has 28 heavy (non-hydrogen) atoms. The second-order valence-electron chi connectivity index (χ2n) is 7.92. The smallest absolute Gasteiger partial charge is 0.408 e. The maximum atomic E-state index is 12.2. The number of rotatable bonds is 4. The zero-order valence-corrected chi connectivity index (χ0v) is 16.7. The fraction of sp³-hybridized carbons (Fsp3) is 0.400. The molecule has 8 heteroatoms. The van der Waals surface area contributed by atoms with E-state index in [2.05, 4.69) is 10.3 Å². The van der Waals surface area contributed by atoms with Gasteiger partial charge in [-0.3, -0.25) is 10.1 Å². The van der Waals surface area contributed by atoms with Crippen molar-refractivity contribution in [3.63, 3.8) is 0 Å². The summed E-state index contributed by atoms with van der Waals surface area (Å²) in [5.74, 6) is 0. The third-order valence-corrected chi connectivity index (χ3v) is 4.98. The highest BCUT2D eigenvalue weighted by Gasteiger charge is 2.41. The van der Waals surface area contributed by atoms with E-state index in [1.807, 2.05) is 45.0 Å². The van der Waals surface area contributed by atoms with Gasteiger partial charge in [0.05, 0.1) is 21.2 Å². The van der Waals surface area contributed by atoms with Crippen LogP contribution in [-0.2, 0) is 10.3 Å². The summed E-state index contributed by atoms with van der Waals surface area (Å²) >= 11 is 6.17. The van der Waals surface area contributed by atoms with Gasteiger partial charge in [0.1, 0.15) is 11.8 Å². The zero-order chi connectivity index (χ0) is 20.5. The van der Waals surface area contributed by atoms with Crippen LogP contribution in [0.15, 0.2) is 36.5 Å². The van der Waals surface area contributed by atoms with Crippen molar-refractivity contribution < 1.29 is 14.5 Å². The molecule has 0 saturated heterocycles. The third-order valence-electron chi connectivity index (χ3n) is 4.70. The number of hydrogen-bond donors (Lipinski definition) is 1. The number of carbonyl (C=O) groups excluding carboxylic acids is 1. The summed E-state index contributed by atoms with van der Waals surface area (Å²) in [7, 11) is 0. The molecule has 1 aromatic heterocycles. The van der Waals surface area contributed by atoms with Crippen molar-refractivity contribution in [1.29, 1.82) is 0 Å². The Balaban J connectivity index is 1.81. The van der Waals surface area contributed by atoms with Crippen LogP contribution in [0, 0.1) is 10.1 Å². The lowest BCUT2D eigenvalue weighted by Gasteiger charge is -2.43. The van der Waals surface area contributed by atoms with Gasteiger partial charge in [-0.25, -0.2) is 9.78 Å². The van der Waals surface area contributed by atoms with Crippen LogP contribution in [-0.4, -0.2) is 21.6 Å². The number of amides is 1. The maximum absolute atomic E-state index is 12.2. The molecule has 1 fully saturated rings. The number of nitrogens with zero attached hydrogens (tertiary/aromatic N) is 2. The Bertz CT molecular complexity index is 903. The normalized spacial score (nSPS) is 15.4. The fourth-order valence-corrected chi connectivity index (χ4v) is 3.47. The highest BCUT2D eigenvalue weighted by Crippen LogP contribution is 2.42. The quantitative estimate of drug-likeness (QED) is 0.558. The van der Waals surface area contributed by atoms with E-state index in [-0.39, 0.29) is 10.7 Å². The number of pyridine rings is 1. The van der Waals surface area contributed by atoms with Crippen molar-refractivity contribution in [2.24, 2.45) is 0 Å². The van der Waals surface area contributed by atoms with E-state index in [4.69, 9.17) is 16.3 Å². The summed E-state index contributed by atoms with van der Waals surface area (Å²) in [6, 6.07) is 8.84. The van der Waals surface area contributed by atoms with Crippen LogP contribution < -0.4 is 5.32 Å². The standard InChI is InChI=1S/C20H22ClN3O4/c1-19(2,3)28-18(25)23-20(9-4-10-20)14-7-5-13(6-8-14)17-16(21)11-15(12-22-17)24(26)27/h5-8,11-12H,4,9-10H2,1-3H3,(H,23,25). The van der Waals surface area contributed by atoms with Crippen molar-refractivity contribution in [1.82, 2.24) is 10.3 Å². The number of ether oxygens (including phenoxy) is 1. The summed E-state index contributed by atoms with van der Waals surface area (Å²) in [6.45, 7) is 5.49. The number of halogens is 1. The van der Waals surface area contributed by atoms with Gasteiger partial charge in [0.25, 0.3) is 5.69 Å². The molecule has 7 nitrogen and oxygen atoms in total. The first kappa shape index (κ1) is 20.1. The molecule has 1 saturated carbocycles. The molecule has 0 bridgehead atoms. The van der Waals surface area contributed by atoms with Crippen LogP contribution in [0.25, 0.3) is 11.3 Å². The second-order valence-corrected chi connectivity index (χ2v) is 8.33. The second kappa shape index (κ2) is 7.39. The minimum Gasteiger partial charge on any atom is -0.444 e. The van der Waals surface area contributed by atoms with E-state index in [9.17, 15) is 14.9 Å². The molecule has 1 N–H and O–H groups in total. The molecule has 1 aliphatic rings. The van der Waals surface area contributed by atoms with Crippen molar-refractivity contribution in [2.75, 3.05) is 0 Å². The molecule has 148 valence electrons. The first-order valence-corrected chi connectivity index (χ1v) is 9.39. The molecular formula is C20H22ClN3O4. The van der Waals surface area contributed by atoms with Gasteiger partial charge in [-0.2, -0.15) is 0 Å². The zero-order valence-electron chi connectivity index (χ0n) is 16.0. The Morgan fingerprint density at radius 2 is 1.93 bits per heavy atom. The predicted molar refractivity (Wildman–Crippen MR) is 106 cm³/mol. The lowest BCUT2D eigenvalue weighted by atomic mass is 9.72. The van der Waals surface area contributed by atoms with E-state index in [1.165, 1.54) is 12.3 Å². The summed E-state index contributed by atoms with van der Waals surface area (Å²) in [5, 5.41) is 14.1. The maximum Gasteiger partial charge on any atom is 0.408 e. The molecule has 1 amide bonds. The molecular weight excluding hydrogens is 382 g/mol. The lowest BCUT2D eigenvalue weighted by molar-refractivity contribution is -0.385. The fourth-order valence-electron chi connectivity index (χ4n) is 3.20. The summed E-state index contributed by atoms with van der Waals surface area (Å²) in [5.41, 5.74) is 1.05. The number of benzene rings is 1. The molecule has 3 rings (SSSR count). The third kappa shape index (κ3) is 4.25. The molecule has 1 aliphatic carbocycles. The summed E-state index contributed by atoms with van der Waals surface area (Å²) in [4.78, 5) is 26.7. The Morgan fingerprint density at radius 1 is 1.29 bits per heavy atom. The van der Waals surface area contributed by atoms with E-state index >= 15 is 0 Å². The Labute approximate surface area is 168 Å². The highest BCUT2D eigenvalue weighted by molar-refractivity contribution is 6.33. The van der Waals surface area contributed by atoms with E-state index in [0.29, 0.717) is 5.69 Å². The molecule has 0 atom stereocenters. The highest BCUT2D eigenvalue weighted by atomic mass is 35.5. The van der Waals surface area contributed by atoms with Gasteiger partial charge in [0.15, 0.2) is 0 Å². The minimum atomic E-state index is -0.558. The number of nitrogens with one attached hydrogen (secondary N) is 1. The summed E-state index contributed by atoms with van der Waals surface area (Å²) < 4.78 is 5.40. The number of alkyl carbamates (subject to hydrolysis) is 1. The van der Waals surface area contributed by atoms with Crippen molar-refractivity contribution >= 4 is 23.4 Å². The minimum absolute atomic E-state index is 0.152. The van der Waals surface area contributed by atoms with E-state index < -0.39 is 22.2 Å². The van der Waals surface area contributed by atoms with Crippen LogP contribution in [0.3, 0.4) is 0 Å². The monoisotopic (exact) mass is 403 g/mol. The van der Waals surface area contributed by atoms with Crippen LogP contribution in [0.4, 0.5) is 10.5 Å². The van der Waals surface area contributed by atoms with Crippen LogP contribution in [0.1, 0.15) is 45.6 Å². The SMILES string of the molecule is CC(C)(C)OC(=O)NC1(c2ccc(-c3ncc([N+](=O)[O-])cc3Cl)cc2)CCC1.